The van der Waals surface area contributed by atoms with Gasteiger partial charge in [0.05, 0.1) is 33.7 Å². The van der Waals surface area contributed by atoms with Gasteiger partial charge >= 0.3 is 0 Å². The molecule has 1 unspecified atom stereocenters. The van der Waals surface area contributed by atoms with Gasteiger partial charge in [0.2, 0.25) is 5.91 Å². The third-order valence-electron chi connectivity index (χ3n) is 3.60. The highest BCUT2D eigenvalue weighted by Gasteiger charge is 2.20. The fourth-order valence-electron chi connectivity index (χ4n) is 2.23. The van der Waals surface area contributed by atoms with Gasteiger partial charge in [-0.3, -0.25) is 4.79 Å². The molecule has 2 aromatic carbocycles. The number of halogens is 2. The van der Waals surface area contributed by atoms with Gasteiger partial charge in [-0.1, -0.05) is 53.2 Å². The molecule has 6 nitrogen and oxygen atoms in total. The molecule has 27 heavy (non-hydrogen) atoms. The Morgan fingerprint density at radius 2 is 1.96 bits per heavy atom. The molecule has 1 aromatic heterocycles. The van der Waals surface area contributed by atoms with Crippen LogP contribution in [0.25, 0.3) is 11.5 Å². The number of nitrogens with one attached hydrogen (secondary N) is 1. The van der Waals surface area contributed by atoms with Gasteiger partial charge in [-0.05, 0) is 31.2 Å². The van der Waals surface area contributed by atoms with Crippen LogP contribution in [0.2, 0.25) is 10.0 Å². The Morgan fingerprint density at radius 1 is 1.19 bits per heavy atom. The number of methoxy groups -OCH3 is 1. The number of thioether (sulfide) groups is 1. The summed E-state index contributed by atoms with van der Waals surface area (Å²) in [6.07, 6.45) is 0. The van der Waals surface area contributed by atoms with E-state index in [1.807, 2.05) is 18.2 Å². The molecule has 9 heteroatoms. The smallest absolute Gasteiger partial charge is 0.277 e. The van der Waals surface area contributed by atoms with Crippen molar-refractivity contribution in [2.24, 2.45) is 0 Å². The highest BCUT2D eigenvalue weighted by atomic mass is 35.5. The number of rotatable bonds is 6. The zero-order chi connectivity index (χ0) is 19.4. The molecule has 1 amide bonds. The van der Waals surface area contributed by atoms with E-state index in [0.717, 1.165) is 11.8 Å². The maximum absolute atomic E-state index is 12.4. The molecule has 0 saturated heterocycles. The number of anilines is 1. The summed E-state index contributed by atoms with van der Waals surface area (Å²) in [5, 5.41) is 11.2. The number of amides is 1. The van der Waals surface area contributed by atoms with Gasteiger partial charge in [-0.2, -0.15) is 0 Å². The highest BCUT2D eigenvalue weighted by molar-refractivity contribution is 8.00. The third-order valence-corrected chi connectivity index (χ3v) is 5.35. The predicted octanol–water partition coefficient (Wildman–Crippen LogP) is 5.17. The second kappa shape index (κ2) is 8.65. The van der Waals surface area contributed by atoms with E-state index in [-0.39, 0.29) is 11.1 Å². The topological polar surface area (TPSA) is 77.2 Å². The summed E-state index contributed by atoms with van der Waals surface area (Å²) in [7, 11) is 1.57. The summed E-state index contributed by atoms with van der Waals surface area (Å²) < 4.78 is 11.0. The standard InChI is InChI=1S/C18H15Cl2N3O3S/c1-10(16(24)21-13-8-5-7-12(19)15(13)20)27-18-23-22-17(26-18)11-6-3-4-9-14(11)25-2/h3-10H,1-2H3,(H,21,24). The number of carbonyl (C=O) groups is 1. The molecule has 1 N–H and O–H groups in total. The van der Waals surface area contributed by atoms with Gasteiger partial charge in [-0.25, -0.2) is 0 Å². The first-order valence-corrected chi connectivity index (χ1v) is 9.51. The van der Waals surface area contributed by atoms with E-state index in [9.17, 15) is 4.79 Å². The first-order chi connectivity index (χ1) is 13.0. The van der Waals surface area contributed by atoms with Gasteiger partial charge in [-0.15, -0.1) is 10.2 Å². The molecular formula is C18H15Cl2N3O3S. The maximum atomic E-state index is 12.4. The fraction of sp³-hybridized carbons (Fsp3) is 0.167. The molecule has 0 bridgehead atoms. The Balaban J connectivity index is 1.69. The number of nitrogens with zero attached hydrogens (tertiary/aromatic N) is 2. The molecule has 0 spiro atoms. The van der Waals surface area contributed by atoms with Gasteiger partial charge in [0, 0.05) is 0 Å². The predicted molar refractivity (Wildman–Crippen MR) is 107 cm³/mol. The number of ether oxygens (including phenoxy) is 1. The highest BCUT2D eigenvalue weighted by Crippen LogP contribution is 2.33. The average molecular weight is 424 g/mol. The first kappa shape index (κ1) is 19.5. The third kappa shape index (κ3) is 4.55. The van der Waals surface area contributed by atoms with Crippen LogP contribution in [-0.2, 0) is 4.79 Å². The van der Waals surface area contributed by atoms with Crippen molar-refractivity contribution >= 4 is 46.6 Å². The molecule has 140 valence electrons. The van der Waals surface area contributed by atoms with Crippen LogP contribution in [0.1, 0.15) is 6.92 Å². The lowest BCUT2D eigenvalue weighted by atomic mass is 10.2. The quantitative estimate of drug-likeness (QED) is 0.550. The number of aromatic nitrogens is 2. The van der Waals surface area contributed by atoms with Crippen LogP contribution in [0.5, 0.6) is 5.75 Å². The summed E-state index contributed by atoms with van der Waals surface area (Å²) in [5.41, 5.74) is 1.13. The number of hydrogen-bond donors (Lipinski definition) is 1. The Hall–Kier alpha value is -2.22. The summed E-state index contributed by atoms with van der Waals surface area (Å²) in [6.45, 7) is 1.73. The number of para-hydroxylation sites is 1. The van der Waals surface area contributed by atoms with E-state index in [4.69, 9.17) is 32.4 Å². The number of hydrogen-bond acceptors (Lipinski definition) is 6. The maximum Gasteiger partial charge on any atom is 0.277 e. The molecule has 3 rings (SSSR count). The van der Waals surface area contributed by atoms with E-state index in [1.165, 1.54) is 0 Å². The van der Waals surface area contributed by atoms with Crippen LogP contribution < -0.4 is 10.1 Å². The zero-order valence-corrected chi connectivity index (χ0v) is 16.7. The lowest BCUT2D eigenvalue weighted by Gasteiger charge is -2.11. The van der Waals surface area contributed by atoms with Gasteiger partial charge in [0.15, 0.2) is 0 Å². The molecule has 0 aliphatic heterocycles. The van der Waals surface area contributed by atoms with E-state index in [1.54, 1.807) is 38.3 Å². The minimum atomic E-state index is -0.494. The van der Waals surface area contributed by atoms with E-state index in [2.05, 4.69) is 15.5 Å². The van der Waals surface area contributed by atoms with Crippen LogP contribution in [0.4, 0.5) is 5.69 Å². The normalized spacial score (nSPS) is 11.9. The summed E-state index contributed by atoms with van der Waals surface area (Å²) in [4.78, 5) is 12.4. The molecular weight excluding hydrogens is 409 g/mol. The lowest BCUT2D eigenvalue weighted by Crippen LogP contribution is -2.22. The molecule has 0 aliphatic carbocycles. The van der Waals surface area contributed by atoms with Gasteiger partial charge in [0.25, 0.3) is 11.1 Å². The van der Waals surface area contributed by atoms with Crippen molar-refractivity contribution in [2.45, 2.75) is 17.4 Å². The van der Waals surface area contributed by atoms with Crippen molar-refractivity contribution in [3.8, 4) is 17.2 Å². The average Bonchev–Trinajstić information content (AvgIpc) is 3.13. The van der Waals surface area contributed by atoms with Crippen molar-refractivity contribution in [3.05, 3.63) is 52.5 Å². The Morgan fingerprint density at radius 3 is 2.74 bits per heavy atom. The van der Waals surface area contributed by atoms with Crippen molar-refractivity contribution in [3.63, 3.8) is 0 Å². The lowest BCUT2D eigenvalue weighted by molar-refractivity contribution is -0.115. The number of benzene rings is 2. The van der Waals surface area contributed by atoms with E-state index >= 15 is 0 Å². The fourth-order valence-corrected chi connectivity index (χ4v) is 3.26. The van der Waals surface area contributed by atoms with Crippen LogP contribution >= 0.6 is 35.0 Å². The van der Waals surface area contributed by atoms with Crippen LogP contribution in [0.15, 0.2) is 52.1 Å². The molecule has 1 atom stereocenters. The number of carbonyl (C=O) groups excluding carboxylic acids is 1. The minimum absolute atomic E-state index is 0.263. The minimum Gasteiger partial charge on any atom is -0.496 e. The summed E-state index contributed by atoms with van der Waals surface area (Å²) in [6, 6.07) is 12.3. The van der Waals surface area contributed by atoms with Crippen molar-refractivity contribution in [1.29, 1.82) is 0 Å². The summed E-state index contributed by atoms with van der Waals surface area (Å²) in [5.74, 6) is 0.681. The van der Waals surface area contributed by atoms with E-state index in [0.29, 0.717) is 32.9 Å². The second-order valence-electron chi connectivity index (χ2n) is 5.42. The zero-order valence-electron chi connectivity index (χ0n) is 14.4. The Labute approximate surface area is 170 Å². The SMILES string of the molecule is COc1ccccc1-c1nnc(SC(C)C(=O)Nc2cccc(Cl)c2Cl)o1. The van der Waals surface area contributed by atoms with Crippen molar-refractivity contribution < 1.29 is 13.9 Å². The van der Waals surface area contributed by atoms with Crippen LogP contribution in [0.3, 0.4) is 0 Å². The molecule has 0 aliphatic rings. The largest absolute Gasteiger partial charge is 0.496 e. The molecule has 0 fully saturated rings. The van der Waals surface area contributed by atoms with E-state index < -0.39 is 5.25 Å². The molecule has 0 radical (unpaired) electrons. The molecule has 0 saturated carbocycles. The van der Waals surface area contributed by atoms with Gasteiger partial charge < -0.3 is 14.5 Å². The van der Waals surface area contributed by atoms with Crippen LogP contribution in [-0.4, -0.2) is 28.5 Å². The van der Waals surface area contributed by atoms with Crippen molar-refractivity contribution in [1.82, 2.24) is 10.2 Å². The Kier molecular flexibility index (Phi) is 6.26. The molecule has 3 aromatic rings. The summed E-state index contributed by atoms with van der Waals surface area (Å²) >= 11 is 13.2. The Bertz CT molecular complexity index is 965. The van der Waals surface area contributed by atoms with Crippen molar-refractivity contribution in [2.75, 3.05) is 12.4 Å². The monoisotopic (exact) mass is 423 g/mol. The second-order valence-corrected chi connectivity index (χ2v) is 7.50. The molecule has 1 heterocycles. The first-order valence-electron chi connectivity index (χ1n) is 7.88. The van der Waals surface area contributed by atoms with Gasteiger partial charge in [0.1, 0.15) is 5.75 Å². The van der Waals surface area contributed by atoms with Crippen LogP contribution in [0, 0.1) is 0 Å².